The maximum absolute atomic E-state index is 13.6. The number of H-pyrrole nitrogens is 2. The Bertz CT molecular complexity index is 2310. The summed E-state index contributed by atoms with van der Waals surface area (Å²) in [6.07, 6.45) is 7.46. The Kier molecular flexibility index (Phi) is 10.4. The van der Waals surface area contributed by atoms with Gasteiger partial charge in [-0.05, 0) is 74.1 Å². The molecule has 2 aliphatic heterocycles. The molecule has 3 aromatic heterocycles. The molecule has 2 aromatic carbocycles. The number of carbonyl (C=O) groups excluding carboxylic acids is 4. The second-order valence-corrected chi connectivity index (χ2v) is 16.1. The van der Waals surface area contributed by atoms with Crippen LogP contribution in [0.2, 0.25) is 0 Å². The van der Waals surface area contributed by atoms with E-state index in [0.29, 0.717) is 31.3 Å². The number of hydrogen-bond acceptors (Lipinski definition) is 9. The number of amides is 4. The number of ether oxygens (including phenoxy) is 2. The average molecular weight is 779 g/mol. The summed E-state index contributed by atoms with van der Waals surface area (Å²) in [5.74, 6) is 1.63. The van der Waals surface area contributed by atoms with Gasteiger partial charge < -0.3 is 44.3 Å². The van der Waals surface area contributed by atoms with Gasteiger partial charge in [-0.15, -0.1) is 0 Å². The Hall–Kier alpha value is -5.86. The highest BCUT2D eigenvalue weighted by Crippen LogP contribution is 2.50. The SMILES string of the molecule is COC(=O)NCC(C)CC(=O)N1C2CCC(C2)C1c1ncc(-c2ccc3c(c2)oc2cc(-c4cnc(C5CCCN5C(=O)C(NC(=O)OC)C(C)C)[nH]4)ccc23)[nH]1. The number of fused-ring (bicyclic) bond motifs is 5. The summed E-state index contributed by atoms with van der Waals surface area (Å²) >= 11 is 0. The number of alkyl carbamates (subject to hydrolysis) is 2. The summed E-state index contributed by atoms with van der Waals surface area (Å²) in [5, 5.41) is 7.38. The summed E-state index contributed by atoms with van der Waals surface area (Å²) in [6, 6.07) is 11.4. The lowest BCUT2D eigenvalue weighted by Gasteiger charge is -2.35. The number of nitrogens with one attached hydrogen (secondary N) is 4. The van der Waals surface area contributed by atoms with Crippen LogP contribution >= 0.6 is 0 Å². The smallest absolute Gasteiger partial charge is 0.407 e. The van der Waals surface area contributed by atoms with E-state index < -0.39 is 18.2 Å². The lowest BCUT2D eigenvalue weighted by atomic mass is 9.97. The zero-order chi connectivity index (χ0) is 40.0. The molecule has 0 spiro atoms. The number of benzene rings is 2. The van der Waals surface area contributed by atoms with E-state index in [-0.39, 0.29) is 41.8 Å². The Morgan fingerprint density at radius 3 is 2.18 bits per heavy atom. The van der Waals surface area contributed by atoms with Crippen LogP contribution in [0.5, 0.6) is 0 Å². The zero-order valence-corrected chi connectivity index (χ0v) is 33.0. The topological polar surface area (TPSA) is 188 Å². The highest BCUT2D eigenvalue weighted by molar-refractivity contribution is 6.06. The van der Waals surface area contributed by atoms with Crippen molar-refractivity contribution in [3.63, 3.8) is 0 Å². The zero-order valence-electron chi connectivity index (χ0n) is 33.0. The fourth-order valence-corrected chi connectivity index (χ4v) is 9.10. The number of aromatic nitrogens is 4. The Morgan fingerprint density at radius 1 is 0.877 bits per heavy atom. The van der Waals surface area contributed by atoms with Crippen molar-refractivity contribution in [2.24, 2.45) is 17.8 Å². The molecule has 1 aliphatic carbocycles. The third-order valence-corrected chi connectivity index (χ3v) is 12.0. The van der Waals surface area contributed by atoms with E-state index in [9.17, 15) is 19.2 Å². The molecule has 8 rings (SSSR count). The van der Waals surface area contributed by atoms with Crippen molar-refractivity contribution < 1.29 is 33.1 Å². The predicted molar refractivity (Wildman–Crippen MR) is 212 cm³/mol. The standard InChI is InChI=1S/C42H50N8O7/c1-22(2)36(48-42(54)56-5)40(52)49-14-6-7-32(49)38-43-20-30(46-38)24-9-12-28-29-13-10-25(18-34(29)57-33(28)17-24)31-21-44-39(47-31)37-26-8-11-27(16-26)50(37)35(51)15-23(3)19-45-41(53)55-4/h9-10,12-13,17-18,20-23,26-27,32,36-37H,6-8,11,14-16,19H2,1-5H3,(H,43,46)(H,44,47)(H,45,53)(H,48,54). The number of aromatic amines is 2. The van der Waals surface area contributed by atoms with E-state index in [1.165, 1.54) is 14.2 Å². The van der Waals surface area contributed by atoms with Crippen LogP contribution in [0.15, 0.2) is 53.2 Å². The summed E-state index contributed by atoms with van der Waals surface area (Å²) in [6.45, 7) is 6.70. The van der Waals surface area contributed by atoms with Gasteiger partial charge in [0.1, 0.15) is 28.9 Å². The van der Waals surface area contributed by atoms with Gasteiger partial charge in [-0.25, -0.2) is 19.6 Å². The van der Waals surface area contributed by atoms with Crippen LogP contribution < -0.4 is 10.6 Å². The minimum absolute atomic E-state index is 0.0332. The van der Waals surface area contributed by atoms with Crippen molar-refractivity contribution in [2.45, 2.75) is 83.5 Å². The molecule has 3 aliphatic rings. The molecule has 57 heavy (non-hydrogen) atoms. The molecule has 2 bridgehead atoms. The van der Waals surface area contributed by atoms with E-state index in [1.807, 2.05) is 50.1 Å². The first-order valence-corrected chi connectivity index (χ1v) is 19.9. The monoisotopic (exact) mass is 778 g/mol. The van der Waals surface area contributed by atoms with Crippen LogP contribution in [0.4, 0.5) is 9.59 Å². The average Bonchev–Trinajstić information content (AvgIpc) is 4.07. The molecule has 1 saturated carbocycles. The normalized spacial score (nSPS) is 21.4. The fourth-order valence-electron chi connectivity index (χ4n) is 9.10. The maximum Gasteiger partial charge on any atom is 0.407 e. The van der Waals surface area contributed by atoms with E-state index in [0.717, 1.165) is 82.4 Å². The molecule has 4 amide bonds. The first kappa shape index (κ1) is 38.0. The number of hydrogen-bond donors (Lipinski definition) is 4. The molecule has 6 unspecified atom stereocenters. The molecule has 6 atom stereocenters. The highest BCUT2D eigenvalue weighted by atomic mass is 16.5. The number of methoxy groups -OCH3 is 2. The van der Waals surface area contributed by atoms with E-state index in [4.69, 9.17) is 19.1 Å². The van der Waals surface area contributed by atoms with E-state index in [2.05, 4.69) is 43.5 Å². The summed E-state index contributed by atoms with van der Waals surface area (Å²) < 4.78 is 15.9. The molecular formula is C42H50N8O7. The van der Waals surface area contributed by atoms with E-state index in [1.54, 1.807) is 11.1 Å². The van der Waals surface area contributed by atoms with Crippen LogP contribution in [0.25, 0.3) is 44.5 Å². The van der Waals surface area contributed by atoms with Gasteiger partial charge >= 0.3 is 12.2 Å². The first-order valence-electron chi connectivity index (χ1n) is 19.9. The summed E-state index contributed by atoms with van der Waals surface area (Å²) in [5.41, 5.74) is 4.97. The third kappa shape index (κ3) is 7.30. The van der Waals surface area contributed by atoms with Gasteiger partial charge in [0.15, 0.2) is 0 Å². The number of carbonyl (C=O) groups is 4. The molecule has 15 nitrogen and oxygen atoms in total. The number of rotatable bonds is 11. The predicted octanol–water partition coefficient (Wildman–Crippen LogP) is 6.84. The van der Waals surface area contributed by atoms with Crippen LogP contribution in [0.3, 0.4) is 0 Å². The fraction of sp³-hybridized carbons (Fsp3) is 0.476. The summed E-state index contributed by atoms with van der Waals surface area (Å²) in [7, 11) is 2.61. The number of nitrogens with zero attached hydrogens (tertiary/aromatic N) is 4. The Labute approximate surface area is 330 Å². The molecule has 5 heterocycles. The van der Waals surface area contributed by atoms with Crippen LogP contribution in [-0.4, -0.2) is 93.1 Å². The van der Waals surface area contributed by atoms with E-state index >= 15 is 0 Å². The molecule has 0 radical (unpaired) electrons. The van der Waals surface area contributed by atoms with Crippen molar-refractivity contribution in [1.82, 2.24) is 40.4 Å². The number of furan rings is 1. The molecule has 2 saturated heterocycles. The minimum atomic E-state index is -0.702. The van der Waals surface area contributed by atoms with Crippen molar-refractivity contribution >= 4 is 45.9 Å². The van der Waals surface area contributed by atoms with Crippen LogP contribution in [-0.2, 0) is 19.1 Å². The second-order valence-electron chi connectivity index (χ2n) is 16.1. The quantitative estimate of drug-likeness (QED) is 0.111. The molecule has 300 valence electrons. The molecule has 4 N–H and O–H groups in total. The van der Waals surface area contributed by atoms with Gasteiger partial charge in [0, 0.05) is 47.5 Å². The van der Waals surface area contributed by atoms with Gasteiger partial charge in [0.05, 0.1) is 50.1 Å². The number of piperidine rings is 1. The number of likely N-dealkylation sites (tertiary alicyclic amines) is 2. The highest BCUT2D eigenvalue weighted by Gasteiger charge is 2.50. The Morgan fingerprint density at radius 2 is 1.53 bits per heavy atom. The minimum Gasteiger partial charge on any atom is -0.456 e. The number of imidazole rings is 2. The van der Waals surface area contributed by atoms with Gasteiger partial charge in [0.2, 0.25) is 11.8 Å². The van der Waals surface area contributed by atoms with Crippen molar-refractivity contribution in [3.05, 3.63) is 60.4 Å². The molecule has 5 aromatic rings. The molecule has 3 fully saturated rings. The van der Waals surface area contributed by atoms with Gasteiger partial charge in [-0.3, -0.25) is 9.59 Å². The van der Waals surface area contributed by atoms with Crippen molar-refractivity contribution in [2.75, 3.05) is 27.3 Å². The van der Waals surface area contributed by atoms with Crippen molar-refractivity contribution in [3.8, 4) is 22.5 Å². The van der Waals surface area contributed by atoms with Crippen LogP contribution in [0.1, 0.15) is 83.0 Å². The first-order chi connectivity index (χ1) is 27.5. The molecule has 15 heteroatoms. The summed E-state index contributed by atoms with van der Waals surface area (Å²) in [4.78, 5) is 71.1. The largest absolute Gasteiger partial charge is 0.456 e. The Balaban J connectivity index is 0.986. The van der Waals surface area contributed by atoms with Crippen molar-refractivity contribution in [1.29, 1.82) is 0 Å². The third-order valence-electron chi connectivity index (χ3n) is 12.0. The van der Waals surface area contributed by atoms with Gasteiger partial charge in [0.25, 0.3) is 0 Å². The van der Waals surface area contributed by atoms with Crippen LogP contribution in [0, 0.1) is 17.8 Å². The lowest BCUT2D eigenvalue weighted by Crippen LogP contribution is -2.51. The van der Waals surface area contributed by atoms with Gasteiger partial charge in [-0.1, -0.05) is 32.9 Å². The molecular weight excluding hydrogens is 729 g/mol. The second kappa shape index (κ2) is 15.6. The maximum atomic E-state index is 13.6. The van der Waals surface area contributed by atoms with Gasteiger partial charge in [-0.2, -0.15) is 0 Å². The lowest BCUT2D eigenvalue weighted by molar-refractivity contribution is -0.137.